The first kappa shape index (κ1) is 10.6. The maximum Gasteiger partial charge on any atom is 0.257 e. The van der Waals surface area contributed by atoms with Crippen LogP contribution in [0.25, 0.3) is 0 Å². The zero-order valence-corrected chi connectivity index (χ0v) is 10.5. The molecule has 1 amide bonds. The Hall–Kier alpha value is -2.29. The highest BCUT2D eigenvalue weighted by Crippen LogP contribution is 2.31. The second kappa shape index (κ2) is 3.85. The van der Waals surface area contributed by atoms with E-state index in [-0.39, 0.29) is 12.1 Å². The quantitative estimate of drug-likeness (QED) is 0.779. The summed E-state index contributed by atoms with van der Waals surface area (Å²) in [6, 6.07) is 16.1. The van der Waals surface area contributed by atoms with Crippen molar-refractivity contribution in [1.82, 2.24) is 4.90 Å². The maximum absolute atomic E-state index is 12.5. The van der Waals surface area contributed by atoms with E-state index in [4.69, 9.17) is 0 Å². The first-order chi connectivity index (χ1) is 9.33. The molecule has 2 aromatic carbocycles. The molecule has 2 aliphatic heterocycles. The van der Waals surface area contributed by atoms with Gasteiger partial charge in [0.2, 0.25) is 0 Å². The second-order valence-corrected chi connectivity index (χ2v) is 5.11. The number of nitrogens with zero attached hydrogens (tertiary/aromatic N) is 1. The summed E-state index contributed by atoms with van der Waals surface area (Å²) in [5.41, 5.74) is 4.32. The van der Waals surface area contributed by atoms with Crippen molar-refractivity contribution in [3.63, 3.8) is 0 Å². The number of carbonyl (C=O) groups excluding carboxylic acids is 1. The fourth-order valence-corrected chi connectivity index (χ4v) is 3.00. The van der Waals surface area contributed by atoms with Gasteiger partial charge in [0.25, 0.3) is 5.91 Å². The van der Waals surface area contributed by atoms with Gasteiger partial charge in [-0.2, -0.15) is 0 Å². The van der Waals surface area contributed by atoms with Crippen molar-refractivity contribution in [2.24, 2.45) is 0 Å². The molecule has 1 N–H and O–H groups in total. The van der Waals surface area contributed by atoms with Gasteiger partial charge in [-0.15, -0.1) is 0 Å². The van der Waals surface area contributed by atoms with Gasteiger partial charge >= 0.3 is 0 Å². The number of nitrogens with one attached hydrogen (secondary N) is 1. The smallest absolute Gasteiger partial charge is 0.257 e. The first-order valence-electron chi connectivity index (χ1n) is 6.56. The third kappa shape index (κ3) is 1.55. The molecule has 3 heteroatoms. The van der Waals surface area contributed by atoms with Crippen LogP contribution < -0.4 is 5.32 Å². The molecule has 0 spiro atoms. The third-order valence-corrected chi connectivity index (χ3v) is 3.99. The number of benzene rings is 2. The number of fused-ring (bicyclic) bond motifs is 3. The number of anilines is 1. The molecule has 19 heavy (non-hydrogen) atoms. The number of amides is 1. The summed E-state index contributed by atoms with van der Waals surface area (Å²) in [6.45, 7) is 0.695. The van der Waals surface area contributed by atoms with Crippen molar-refractivity contribution in [2.75, 3.05) is 5.32 Å². The molecule has 0 aromatic heterocycles. The van der Waals surface area contributed by atoms with E-state index in [9.17, 15) is 4.79 Å². The average Bonchev–Trinajstić information content (AvgIpc) is 2.46. The summed E-state index contributed by atoms with van der Waals surface area (Å²) >= 11 is 0. The van der Waals surface area contributed by atoms with Gasteiger partial charge in [-0.05, 0) is 23.3 Å². The van der Waals surface area contributed by atoms with Crippen molar-refractivity contribution in [1.29, 1.82) is 0 Å². The van der Waals surface area contributed by atoms with Crippen LogP contribution in [0.5, 0.6) is 0 Å². The lowest BCUT2D eigenvalue weighted by Gasteiger charge is -2.41. The maximum atomic E-state index is 12.5. The molecule has 2 aromatic rings. The molecule has 1 unspecified atom stereocenters. The van der Waals surface area contributed by atoms with Crippen LogP contribution in [0.4, 0.5) is 5.69 Å². The molecule has 0 saturated heterocycles. The van der Waals surface area contributed by atoms with Crippen LogP contribution in [-0.4, -0.2) is 17.0 Å². The highest BCUT2D eigenvalue weighted by atomic mass is 16.2. The second-order valence-electron chi connectivity index (χ2n) is 5.11. The van der Waals surface area contributed by atoms with Crippen LogP contribution >= 0.6 is 0 Å². The van der Waals surface area contributed by atoms with Crippen LogP contribution in [0.15, 0.2) is 48.5 Å². The Labute approximate surface area is 111 Å². The Morgan fingerprint density at radius 3 is 2.63 bits per heavy atom. The minimum absolute atomic E-state index is 0.0808. The van der Waals surface area contributed by atoms with Crippen molar-refractivity contribution >= 4 is 11.6 Å². The van der Waals surface area contributed by atoms with Crippen molar-refractivity contribution in [2.45, 2.75) is 19.1 Å². The zero-order valence-electron chi connectivity index (χ0n) is 10.5. The summed E-state index contributed by atoms with van der Waals surface area (Å²) in [5.74, 6) is 0.133. The van der Waals surface area contributed by atoms with Crippen molar-refractivity contribution in [3.8, 4) is 0 Å². The Morgan fingerprint density at radius 2 is 1.74 bits per heavy atom. The number of hydrogen-bond acceptors (Lipinski definition) is 2. The van der Waals surface area contributed by atoms with E-state index in [1.165, 1.54) is 11.1 Å². The van der Waals surface area contributed by atoms with Gasteiger partial charge in [-0.25, -0.2) is 0 Å². The van der Waals surface area contributed by atoms with E-state index < -0.39 is 0 Å². The van der Waals surface area contributed by atoms with E-state index in [1.54, 1.807) is 0 Å². The summed E-state index contributed by atoms with van der Waals surface area (Å²) in [4.78, 5) is 14.5. The molecule has 1 atom stereocenters. The number of carbonyl (C=O) groups is 1. The predicted molar refractivity (Wildman–Crippen MR) is 73.9 cm³/mol. The summed E-state index contributed by atoms with van der Waals surface area (Å²) in [7, 11) is 0. The normalized spacial score (nSPS) is 20.1. The van der Waals surface area contributed by atoms with Gasteiger partial charge in [-0.3, -0.25) is 4.79 Å². The SMILES string of the molecule is O=C1c2ccccc2NC2Cc3ccccc3CN12. The van der Waals surface area contributed by atoms with E-state index in [1.807, 2.05) is 35.2 Å². The average molecular weight is 250 g/mol. The molecule has 2 heterocycles. The molecule has 0 radical (unpaired) electrons. The number of rotatable bonds is 0. The van der Waals surface area contributed by atoms with E-state index in [2.05, 4.69) is 23.5 Å². The highest BCUT2D eigenvalue weighted by Gasteiger charge is 2.34. The van der Waals surface area contributed by atoms with Gasteiger partial charge in [0.1, 0.15) is 6.17 Å². The van der Waals surface area contributed by atoms with E-state index in [0.29, 0.717) is 6.54 Å². The lowest BCUT2D eigenvalue weighted by atomic mass is 9.94. The van der Waals surface area contributed by atoms with Crippen LogP contribution in [0.2, 0.25) is 0 Å². The summed E-state index contributed by atoms with van der Waals surface area (Å²) in [5, 5.41) is 3.48. The number of hydrogen-bond donors (Lipinski definition) is 1. The number of para-hydroxylation sites is 1. The Balaban J connectivity index is 1.77. The minimum atomic E-state index is 0.0808. The standard InChI is InChI=1S/C16H14N2O/c19-16-13-7-3-4-8-14(13)17-15-9-11-5-1-2-6-12(11)10-18(15)16/h1-8,15,17H,9-10H2. The lowest BCUT2D eigenvalue weighted by molar-refractivity contribution is 0.0651. The van der Waals surface area contributed by atoms with Gasteiger partial charge < -0.3 is 10.2 Å². The summed E-state index contributed by atoms with van der Waals surface area (Å²) < 4.78 is 0. The highest BCUT2D eigenvalue weighted by molar-refractivity contribution is 6.01. The van der Waals surface area contributed by atoms with E-state index in [0.717, 1.165) is 17.7 Å². The lowest BCUT2D eigenvalue weighted by Crippen LogP contribution is -2.51. The van der Waals surface area contributed by atoms with Gasteiger partial charge in [-0.1, -0.05) is 36.4 Å². The molecule has 0 saturated carbocycles. The minimum Gasteiger partial charge on any atom is -0.364 e. The van der Waals surface area contributed by atoms with Crippen LogP contribution in [0.3, 0.4) is 0 Å². The zero-order chi connectivity index (χ0) is 12.8. The molecular weight excluding hydrogens is 236 g/mol. The van der Waals surface area contributed by atoms with Crippen LogP contribution in [0, 0.1) is 0 Å². The first-order valence-corrected chi connectivity index (χ1v) is 6.56. The predicted octanol–water partition coefficient (Wildman–Crippen LogP) is 2.64. The molecular formula is C16H14N2O. The molecule has 94 valence electrons. The molecule has 3 nitrogen and oxygen atoms in total. The van der Waals surface area contributed by atoms with Crippen molar-refractivity contribution < 1.29 is 4.79 Å². The van der Waals surface area contributed by atoms with Crippen LogP contribution in [0.1, 0.15) is 21.5 Å². The molecule has 0 fully saturated rings. The topological polar surface area (TPSA) is 32.3 Å². The monoisotopic (exact) mass is 250 g/mol. The third-order valence-electron chi connectivity index (χ3n) is 3.99. The fourth-order valence-electron chi connectivity index (χ4n) is 3.00. The Kier molecular flexibility index (Phi) is 2.15. The van der Waals surface area contributed by atoms with Gasteiger partial charge in [0.05, 0.1) is 5.56 Å². The molecule has 2 aliphatic rings. The fraction of sp³-hybridized carbons (Fsp3) is 0.188. The molecule has 0 bridgehead atoms. The Bertz CT molecular complexity index is 665. The van der Waals surface area contributed by atoms with Gasteiger partial charge in [0, 0.05) is 18.7 Å². The molecule has 0 aliphatic carbocycles. The van der Waals surface area contributed by atoms with Gasteiger partial charge in [0.15, 0.2) is 0 Å². The molecule has 4 rings (SSSR count). The van der Waals surface area contributed by atoms with Crippen LogP contribution in [-0.2, 0) is 13.0 Å². The van der Waals surface area contributed by atoms with Crippen molar-refractivity contribution in [3.05, 3.63) is 65.2 Å². The Morgan fingerprint density at radius 1 is 1.00 bits per heavy atom. The van der Waals surface area contributed by atoms with E-state index >= 15 is 0 Å². The largest absolute Gasteiger partial charge is 0.364 e. The summed E-state index contributed by atoms with van der Waals surface area (Å²) in [6.07, 6.45) is 0.952.